The van der Waals surface area contributed by atoms with Crippen molar-refractivity contribution in [3.63, 3.8) is 0 Å². The Morgan fingerprint density at radius 1 is 1.48 bits per heavy atom. The van der Waals surface area contributed by atoms with Crippen molar-refractivity contribution in [1.82, 2.24) is 15.6 Å². The van der Waals surface area contributed by atoms with Crippen molar-refractivity contribution in [2.24, 2.45) is 0 Å². The number of nitro groups is 1. The number of nitrogens with zero attached hydrogens (tertiary/aromatic N) is 2. The lowest BCUT2D eigenvalue weighted by Gasteiger charge is -2.13. The molecule has 6 nitrogen and oxygen atoms in total. The molecule has 0 fully saturated rings. The zero-order chi connectivity index (χ0) is 17.3. The van der Waals surface area contributed by atoms with Gasteiger partial charge in [0.1, 0.15) is 6.54 Å². The quantitative estimate of drug-likeness (QED) is 0.367. The molecule has 1 rings (SSSR count). The molecule has 11 heteroatoms. The van der Waals surface area contributed by atoms with E-state index in [1.54, 1.807) is 12.3 Å². The van der Waals surface area contributed by atoms with Crippen LogP contribution in [0.4, 0.5) is 13.2 Å². The maximum Gasteiger partial charge on any atom is 0.405 e. The minimum absolute atomic E-state index is 0.271. The van der Waals surface area contributed by atoms with E-state index >= 15 is 0 Å². The molecule has 128 valence electrons. The first-order valence-corrected chi connectivity index (χ1v) is 8.29. The predicted molar refractivity (Wildman–Crippen MR) is 85.2 cm³/mol. The minimum atomic E-state index is -4.45. The van der Waals surface area contributed by atoms with Crippen LogP contribution >= 0.6 is 27.7 Å². The smallest absolute Gasteiger partial charge is 0.366 e. The fourth-order valence-electron chi connectivity index (χ4n) is 1.41. The normalized spacial score (nSPS) is 12.1. The Hall–Kier alpha value is -1.49. The summed E-state index contributed by atoms with van der Waals surface area (Å²) in [7, 11) is 0. The first kappa shape index (κ1) is 19.6. The zero-order valence-corrected chi connectivity index (χ0v) is 14.2. The molecule has 0 atom stereocenters. The summed E-state index contributed by atoms with van der Waals surface area (Å²) in [6, 6.07) is 3.65. The van der Waals surface area contributed by atoms with Gasteiger partial charge in [0.15, 0.2) is 5.82 Å². The van der Waals surface area contributed by atoms with Gasteiger partial charge in [-0.25, -0.2) is 0 Å². The molecule has 0 aromatic carbocycles. The summed E-state index contributed by atoms with van der Waals surface area (Å²) >= 11 is 4.87. The highest BCUT2D eigenvalue weighted by Crippen LogP contribution is 2.18. The number of pyridine rings is 1. The predicted octanol–water partition coefficient (Wildman–Crippen LogP) is 2.89. The summed E-state index contributed by atoms with van der Waals surface area (Å²) in [6.45, 7) is -1.06. The largest absolute Gasteiger partial charge is 0.405 e. The maximum atomic E-state index is 12.1. The number of halogens is 4. The van der Waals surface area contributed by atoms with Crippen LogP contribution in [0.3, 0.4) is 0 Å². The van der Waals surface area contributed by atoms with E-state index < -0.39 is 17.6 Å². The summed E-state index contributed by atoms with van der Waals surface area (Å²) < 4.78 is 37.2. The van der Waals surface area contributed by atoms with E-state index in [0.29, 0.717) is 17.7 Å². The van der Waals surface area contributed by atoms with Crippen LogP contribution in [0.15, 0.2) is 34.8 Å². The summed E-state index contributed by atoms with van der Waals surface area (Å²) in [4.78, 5) is 13.8. The highest BCUT2D eigenvalue weighted by Gasteiger charge is 2.27. The molecule has 0 saturated heterocycles. The van der Waals surface area contributed by atoms with Crippen LogP contribution in [0.1, 0.15) is 5.69 Å². The molecule has 0 radical (unpaired) electrons. The number of nitrogens with one attached hydrogen (secondary N) is 2. The third kappa shape index (κ3) is 9.29. The summed E-state index contributed by atoms with van der Waals surface area (Å²) in [6.07, 6.45) is -2.30. The molecule has 1 heterocycles. The van der Waals surface area contributed by atoms with E-state index in [1.165, 1.54) is 11.8 Å². The average molecular weight is 415 g/mol. The van der Waals surface area contributed by atoms with Crippen molar-refractivity contribution in [3.8, 4) is 0 Å². The molecule has 0 bridgehead atoms. The molecule has 1 aromatic rings. The van der Waals surface area contributed by atoms with Crippen LogP contribution in [0, 0.1) is 10.1 Å². The number of hydrogen-bond donors (Lipinski definition) is 2. The van der Waals surface area contributed by atoms with E-state index in [9.17, 15) is 23.3 Å². The van der Waals surface area contributed by atoms with Crippen molar-refractivity contribution in [1.29, 1.82) is 0 Å². The van der Waals surface area contributed by atoms with Gasteiger partial charge in [0.2, 0.25) is 0 Å². The Labute approximate surface area is 143 Å². The topological polar surface area (TPSA) is 80.1 Å². The summed E-state index contributed by atoms with van der Waals surface area (Å²) in [5, 5.41) is 14.9. The van der Waals surface area contributed by atoms with Gasteiger partial charge in [0.05, 0.1) is 10.6 Å². The molecule has 23 heavy (non-hydrogen) atoms. The summed E-state index contributed by atoms with van der Waals surface area (Å²) in [5.74, 6) is 0.894. The number of alkyl halides is 3. The molecule has 0 saturated carbocycles. The lowest BCUT2D eigenvalue weighted by atomic mass is 10.4. The molecule has 1 aromatic heterocycles. The van der Waals surface area contributed by atoms with Gasteiger partial charge in [-0.1, -0.05) is 0 Å². The van der Waals surface area contributed by atoms with Crippen molar-refractivity contribution in [2.45, 2.75) is 11.9 Å². The monoisotopic (exact) mass is 414 g/mol. The standard InChI is InChI=1S/C12H14BrF3N4O2S/c13-9-2-1-3-17-10(9)7-23-5-4-18-11(6-20(21)22)19-8-12(14,15)16/h1-3,6,18-19H,4-5,7-8H2/b11-6+. The van der Waals surface area contributed by atoms with Gasteiger partial charge in [0.25, 0.3) is 6.20 Å². The van der Waals surface area contributed by atoms with Crippen molar-refractivity contribution in [2.75, 3.05) is 18.8 Å². The fraction of sp³-hybridized carbons (Fsp3) is 0.417. The number of aromatic nitrogens is 1. The molecule has 0 aliphatic carbocycles. The second-order valence-electron chi connectivity index (χ2n) is 4.21. The second-order valence-corrected chi connectivity index (χ2v) is 6.17. The van der Waals surface area contributed by atoms with E-state index in [0.717, 1.165) is 10.2 Å². The Kier molecular flexibility index (Phi) is 8.17. The van der Waals surface area contributed by atoms with Gasteiger partial charge >= 0.3 is 6.18 Å². The SMILES string of the molecule is O=[N+]([O-])/C=C(\NCCSCc1ncccc1Br)NCC(F)(F)F. The van der Waals surface area contributed by atoms with E-state index in [-0.39, 0.29) is 12.4 Å². The van der Waals surface area contributed by atoms with Crippen LogP contribution < -0.4 is 10.6 Å². The van der Waals surface area contributed by atoms with Crippen molar-refractivity contribution >= 4 is 27.7 Å². The first-order valence-electron chi connectivity index (χ1n) is 6.35. The molecule has 0 spiro atoms. The Bertz CT molecular complexity index is 557. The van der Waals surface area contributed by atoms with Gasteiger partial charge < -0.3 is 10.6 Å². The third-order valence-electron chi connectivity index (χ3n) is 2.35. The lowest BCUT2D eigenvalue weighted by molar-refractivity contribution is -0.404. The molecule has 2 N–H and O–H groups in total. The van der Waals surface area contributed by atoms with Crippen LogP contribution in [0.25, 0.3) is 0 Å². The highest BCUT2D eigenvalue weighted by atomic mass is 79.9. The van der Waals surface area contributed by atoms with Gasteiger partial charge in [-0.15, -0.1) is 0 Å². The summed E-state index contributed by atoms with van der Waals surface area (Å²) in [5.41, 5.74) is 0.855. The maximum absolute atomic E-state index is 12.1. The molecular weight excluding hydrogens is 401 g/mol. The lowest BCUT2D eigenvalue weighted by Crippen LogP contribution is -2.35. The third-order valence-corrected chi connectivity index (χ3v) is 4.04. The van der Waals surface area contributed by atoms with Gasteiger partial charge in [-0.3, -0.25) is 15.1 Å². The van der Waals surface area contributed by atoms with Gasteiger partial charge in [-0.2, -0.15) is 24.9 Å². The van der Waals surface area contributed by atoms with Crippen molar-refractivity contribution < 1.29 is 18.1 Å². The molecule has 0 aliphatic rings. The number of hydrogen-bond acceptors (Lipinski definition) is 6. The van der Waals surface area contributed by atoms with Crippen LogP contribution in [0.2, 0.25) is 0 Å². The average Bonchev–Trinajstić information content (AvgIpc) is 2.44. The van der Waals surface area contributed by atoms with E-state index in [4.69, 9.17) is 0 Å². The minimum Gasteiger partial charge on any atom is -0.366 e. The van der Waals surface area contributed by atoms with Crippen LogP contribution in [0.5, 0.6) is 0 Å². The number of thioether (sulfide) groups is 1. The molecule has 0 aliphatic heterocycles. The van der Waals surface area contributed by atoms with E-state index in [2.05, 4.69) is 26.2 Å². The Balaban J connectivity index is 2.35. The van der Waals surface area contributed by atoms with Gasteiger partial charge in [0, 0.05) is 28.7 Å². The molecular formula is C12H14BrF3N4O2S. The van der Waals surface area contributed by atoms with Crippen LogP contribution in [-0.4, -0.2) is 34.9 Å². The fourth-order valence-corrected chi connectivity index (χ4v) is 2.80. The highest BCUT2D eigenvalue weighted by molar-refractivity contribution is 9.10. The zero-order valence-electron chi connectivity index (χ0n) is 11.8. The first-order chi connectivity index (χ1) is 10.8. The van der Waals surface area contributed by atoms with Crippen molar-refractivity contribution in [3.05, 3.63) is 50.6 Å². The molecule has 0 amide bonds. The van der Waals surface area contributed by atoms with Gasteiger partial charge in [-0.05, 0) is 28.1 Å². The Morgan fingerprint density at radius 3 is 2.83 bits per heavy atom. The second kappa shape index (κ2) is 9.60. The molecule has 0 unspecified atom stereocenters. The number of rotatable bonds is 9. The van der Waals surface area contributed by atoms with Crippen LogP contribution in [-0.2, 0) is 5.75 Å². The Morgan fingerprint density at radius 2 is 2.22 bits per heavy atom. The van der Waals surface area contributed by atoms with E-state index in [1.807, 2.05) is 11.4 Å².